The minimum absolute atomic E-state index is 0.0383. The fourth-order valence-electron chi connectivity index (χ4n) is 1.82. The number of hydrogen-bond acceptors (Lipinski definition) is 4. The van der Waals surface area contributed by atoms with Crippen molar-refractivity contribution in [3.05, 3.63) is 23.8 Å². The third kappa shape index (κ3) is 5.72. The molecule has 0 aliphatic carbocycles. The Labute approximate surface area is 123 Å². The molecule has 1 rings (SSSR count). The first-order valence-corrected chi connectivity index (χ1v) is 6.82. The molecule has 1 aromatic carbocycles. The molecule has 4 N–H and O–H groups in total. The van der Waals surface area contributed by atoms with E-state index in [2.05, 4.69) is 5.32 Å². The summed E-state index contributed by atoms with van der Waals surface area (Å²) < 4.78 is 0. The molecule has 0 fully saturated rings. The van der Waals surface area contributed by atoms with Crippen molar-refractivity contribution in [1.29, 1.82) is 0 Å². The molecule has 1 amide bonds. The van der Waals surface area contributed by atoms with Crippen molar-refractivity contribution < 1.29 is 24.9 Å². The van der Waals surface area contributed by atoms with Gasteiger partial charge in [0.15, 0.2) is 11.5 Å². The van der Waals surface area contributed by atoms with E-state index in [1.807, 2.05) is 13.8 Å². The zero-order chi connectivity index (χ0) is 16.0. The standard InChI is InChI=1S/C15H21NO5/c1-9(2)3-6-14(19)16-11(15(20)21)7-10-4-5-12(17)13(18)8-10/h4-5,8-9,11,17-18H,3,6-7H2,1-2H3,(H,16,19)(H,20,21)/t11-/m0/s1. The van der Waals surface area contributed by atoms with Crippen LogP contribution in [-0.2, 0) is 16.0 Å². The molecule has 6 nitrogen and oxygen atoms in total. The number of aromatic hydroxyl groups is 2. The number of benzene rings is 1. The molecular formula is C15H21NO5. The first-order valence-electron chi connectivity index (χ1n) is 6.82. The Morgan fingerprint density at radius 3 is 2.38 bits per heavy atom. The van der Waals surface area contributed by atoms with Gasteiger partial charge in [-0.1, -0.05) is 19.9 Å². The molecule has 0 unspecified atom stereocenters. The number of hydrogen-bond donors (Lipinski definition) is 4. The van der Waals surface area contributed by atoms with Crippen LogP contribution in [0.3, 0.4) is 0 Å². The van der Waals surface area contributed by atoms with Gasteiger partial charge >= 0.3 is 5.97 Å². The fourth-order valence-corrected chi connectivity index (χ4v) is 1.82. The fraction of sp³-hybridized carbons (Fsp3) is 0.467. The zero-order valence-electron chi connectivity index (χ0n) is 12.2. The first-order chi connectivity index (χ1) is 9.79. The van der Waals surface area contributed by atoms with Crippen molar-refractivity contribution in [3.8, 4) is 11.5 Å². The second-order valence-electron chi connectivity index (χ2n) is 5.42. The van der Waals surface area contributed by atoms with E-state index in [0.29, 0.717) is 17.9 Å². The topological polar surface area (TPSA) is 107 Å². The van der Waals surface area contributed by atoms with Crippen molar-refractivity contribution in [3.63, 3.8) is 0 Å². The number of phenolic OH excluding ortho intramolecular Hbond substituents is 2. The number of carbonyl (C=O) groups excluding carboxylic acids is 1. The van der Waals surface area contributed by atoms with Gasteiger partial charge < -0.3 is 20.6 Å². The van der Waals surface area contributed by atoms with E-state index in [1.54, 1.807) is 0 Å². The molecule has 0 aromatic heterocycles. The van der Waals surface area contributed by atoms with Crippen LogP contribution in [0.4, 0.5) is 0 Å². The van der Waals surface area contributed by atoms with Gasteiger partial charge in [0.25, 0.3) is 0 Å². The van der Waals surface area contributed by atoms with E-state index in [-0.39, 0.29) is 30.2 Å². The van der Waals surface area contributed by atoms with Crippen molar-refractivity contribution in [2.24, 2.45) is 5.92 Å². The van der Waals surface area contributed by atoms with Gasteiger partial charge in [0.05, 0.1) is 0 Å². The van der Waals surface area contributed by atoms with E-state index in [0.717, 1.165) is 0 Å². The van der Waals surface area contributed by atoms with Crippen LogP contribution < -0.4 is 5.32 Å². The lowest BCUT2D eigenvalue weighted by Gasteiger charge is -2.15. The lowest BCUT2D eigenvalue weighted by atomic mass is 10.0. The van der Waals surface area contributed by atoms with Crippen LogP contribution in [0.5, 0.6) is 11.5 Å². The number of rotatable bonds is 7. The quantitative estimate of drug-likeness (QED) is 0.572. The summed E-state index contributed by atoms with van der Waals surface area (Å²) >= 11 is 0. The smallest absolute Gasteiger partial charge is 0.326 e. The molecule has 0 saturated heterocycles. The van der Waals surface area contributed by atoms with Crippen molar-refractivity contribution in [1.82, 2.24) is 5.32 Å². The van der Waals surface area contributed by atoms with E-state index in [9.17, 15) is 19.8 Å². The van der Waals surface area contributed by atoms with E-state index in [4.69, 9.17) is 5.11 Å². The largest absolute Gasteiger partial charge is 0.504 e. The Kier molecular flexibility index (Phi) is 6.02. The lowest BCUT2D eigenvalue weighted by Crippen LogP contribution is -2.42. The predicted octanol–water partition coefficient (Wildman–Crippen LogP) is 1.65. The van der Waals surface area contributed by atoms with Crippen LogP contribution in [-0.4, -0.2) is 33.2 Å². The highest BCUT2D eigenvalue weighted by atomic mass is 16.4. The second-order valence-corrected chi connectivity index (χ2v) is 5.42. The van der Waals surface area contributed by atoms with Crippen molar-refractivity contribution in [2.75, 3.05) is 0 Å². The van der Waals surface area contributed by atoms with Crippen molar-refractivity contribution >= 4 is 11.9 Å². The molecule has 1 atom stereocenters. The average Bonchev–Trinajstić information content (AvgIpc) is 2.39. The summed E-state index contributed by atoms with van der Waals surface area (Å²) in [6, 6.07) is 3.01. The monoisotopic (exact) mass is 295 g/mol. The molecule has 0 heterocycles. The van der Waals surface area contributed by atoms with E-state index >= 15 is 0 Å². The zero-order valence-corrected chi connectivity index (χ0v) is 12.2. The first kappa shape index (κ1) is 16.8. The molecule has 1 aromatic rings. The summed E-state index contributed by atoms with van der Waals surface area (Å²) in [7, 11) is 0. The summed E-state index contributed by atoms with van der Waals surface area (Å²) in [6.45, 7) is 3.97. The third-order valence-corrected chi connectivity index (χ3v) is 3.06. The van der Waals surface area contributed by atoms with Crippen LogP contribution in [0.1, 0.15) is 32.3 Å². The van der Waals surface area contributed by atoms with Crippen molar-refractivity contribution in [2.45, 2.75) is 39.2 Å². The maximum absolute atomic E-state index is 11.7. The summed E-state index contributed by atoms with van der Waals surface area (Å²) in [5.41, 5.74) is 0.516. The highest BCUT2D eigenvalue weighted by Crippen LogP contribution is 2.25. The van der Waals surface area contributed by atoms with Gasteiger partial charge in [-0.05, 0) is 30.0 Å². The van der Waals surface area contributed by atoms with Crippen LogP contribution in [0.25, 0.3) is 0 Å². The van der Waals surface area contributed by atoms with Gasteiger partial charge in [-0.15, -0.1) is 0 Å². The molecule has 0 saturated carbocycles. The number of carboxylic acids is 1. The van der Waals surface area contributed by atoms with E-state index in [1.165, 1.54) is 18.2 Å². The number of carbonyl (C=O) groups is 2. The summed E-state index contributed by atoms with van der Waals surface area (Å²) in [6.07, 6.45) is 1.01. The molecule has 6 heteroatoms. The highest BCUT2D eigenvalue weighted by Gasteiger charge is 2.20. The molecule has 0 aliphatic rings. The summed E-state index contributed by atoms with van der Waals surface area (Å²) in [5, 5.41) is 30.2. The maximum atomic E-state index is 11.7. The Balaban J connectivity index is 2.67. The summed E-state index contributed by atoms with van der Waals surface area (Å²) in [4.78, 5) is 22.9. The molecule has 0 spiro atoms. The van der Waals surface area contributed by atoms with Crippen LogP contribution >= 0.6 is 0 Å². The molecule has 116 valence electrons. The molecule has 0 bridgehead atoms. The normalized spacial score (nSPS) is 12.1. The Hall–Kier alpha value is -2.24. The summed E-state index contributed by atoms with van der Waals surface area (Å²) in [5.74, 6) is -1.66. The maximum Gasteiger partial charge on any atom is 0.326 e. The van der Waals surface area contributed by atoms with Gasteiger partial charge in [-0.2, -0.15) is 0 Å². The Morgan fingerprint density at radius 1 is 1.19 bits per heavy atom. The predicted molar refractivity (Wildman–Crippen MR) is 77.1 cm³/mol. The van der Waals surface area contributed by atoms with Gasteiger partial charge in [0.1, 0.15) is 6.04 Å². The highest BCUT2D eigenvalue weighted by molar-refractivity contribution is 5.83. The second kappa shape index (κ2) is 7.52. The minimum atomic E-state index is -1.14. The van der Waals surface area contributed by atoms with E-state index < -0.39 is 12.0 Å². The molecule has 0 aliphatic heterocycles. The average molecular weight is 295 g/mol. The number of nitrogens with one attached hydrogen (secondary N) is 1. The van der Waals surface area contributed by atoms with Crippen LogP contribution in [0.2, 0.25) is 0 Å². The van der Waals surface area contributed by atoms with Crippen LogP contribution in [0, 0.1) is 5.92 Å². The molecule has 0 radical (unpaired) electrons. The Bertz CT molecular complexity index is 513. The molecular weight excluding hydrogens is 274 g/mol. The number of amides is 1. The van der Waals surface area contributed by atoms with Gasteiger partial charge in [-0.3, -0.25) is 4.79 Å². The van der Waals surface area contributed by atoms with Gasteiger partial charge in [0, 0.05) is 12.8 Å². The third-order valence-electron chi connectivity index (χ3n) is 3.06. The Morgan fingerprint density at radius 2 is 1.86 bits per heavy atom. The SMILES string of the molecule is CC(C)CCC(=O)N[C@@H](Cc1ccc(O)c(O)c1)C(=O)O. The minimum Gasteiger partial charge on any atom is -0.504 e. The number of carboxylic acid groups (broad SMARTS) is 1. The van der Waals surface area contributed by atoms with Gasteiger partial charge in [-0.25, -0.2) is 4.79 Å². The molecule has 21 heavy (non-hydrogen) atoms. The van der Waals surface area contributed by atoms with Gasteiger partial charge in [0.2, 0.25) is 5.91 Å². The number of phenols is 2. The lowest BCUT2D eigenvalue weighted by molar-refractivity contribution is -0.141. The van der Waals surface area contributed by atoms with Crippen LogP contribution in [0.15, 0.2) is 18.2 Å². The number of aliphatic carboxylic acids is 1.